The van der Waals surface area contributed by atoms with Crippen LogP contribution in [-0.2, 0) is 0 Å². The Hall–Kier alpha value is -1.50. The molecule has 0 aromatic carbocycles. The molecule has 0 saturated carbocycles. The fraction of sp³-hybridized carbons (Fsp3) is 0.545. The highest BCUT2D eigenvalue weighted by Gasteiger charge is 2.09. The Kier molecular flexibility index (Phi) is 4.24. The Balaban J connectivity index is 2.13. The van der Waals surface area contributed by atoms with E-state index in [2.05, 4.69) is 43.7 Å². The smallest absolute Gasteiger partial charge is 0.226 e. The first kappa shape index (κ1) is 12.9. The summed E-state index contributed by atoms with van der Waals surface area (Å²) in [5.41, 5.74) is 1.53. The average Bonchev–Trinajstić information content (AvgIpc) is 2.86. The van der Waals surface area contributed by atoms with Crippen LogP contribution in [0.5, 0.6) is 0 Å². The lowest BCUT2D eigenvalue weighted by molar-refractivity contribution is 0.850. The number of imidazole rings is 1. The fourth-order valence-electron chi connectivity index (χ4n) is 1.58. The Morgan fingerprint density at radius 2 is 2.28 bits per heavy atom. The minimum atomic E-state index is 0.579. The van der Waals surface area contributed by atoms with Gasteiger partial charge in [-0.3, -0.25) is 0 Å². The van der Waals surface area contributed by atoms with Crippen molar-refractivity contribution in [2.24, 2.45) is 0 Å². The Morgan fingerprint density at radius 3 is 3.00 bits per heavy atom. The second-order valence-electron chi connectivity index (χ2n) is 4.01. The summed E-state index contributed by atoms with van der Waals surface area (Å²) in [5.74, 6) is 1.38. The molecule has 0 bridgehead atoms. The summed E-state index contributed by atoms with van der Waals surface area (Å²) in [5, 5.41) is 6.92. The van der Waals surface area contributed by atoms with Gasteiger partial charge in [-0.25, -0.2) is 4.98 Å². The second-order valence-corrected chi connectivity index (χ2v) is 5.28. The molecule has 0 saturated heterocycles. The standard InChI is InChI=1S/C11H18N6S/c1-7(18-3)4-5-13-9-8-10(15-6-14-8)17-11(12-2)16-9/h6-7H,4-5H2,1-3H3,(H3,12,13,14,15,16,17). The van der Waals surface area contributed by atoms with E-state index < -0.39 is 0 Å². The largest absolute Gasteiger partial charge is 0.368 e. The van der Waals surface area contributed by atoms with E-state index in [4.69, 9.17) is 0 Å². The van der Waals surface area contributed by atoms with Crippen LogP contribution in [0.25, 0.3) is 11.2 Å². The van der Waals surface area contributed by atoms with Crippen LogP contribution in [0, 0.1) is 0 Å². The molecule has 0 amide bonds. The number of hydrogen-bond acceptors (Lipinski definition) is 6. The van der Waals surface area contributed by atoms with E-state index in [9.17, 15) is 0 Å². The maximum Gasteiger partial charge on any atom is 0.226 e. The zero-order chi connectivity index (χ0) is 13.0. The maximum atomic E-state index is 4.40. The van der Waals surface area contributed by atoms with Crippen molar-refractivity contribution in [3.63, 3.8) is 0 Å². The van der Waals surface area contributed by atoms with E-state index in [0.717, 1.165) is 24.3 Å². The first-order valence-electron chi connectivity index (χ1n) is 5.90. The molecular weight excluding hydrogens is 248 g/mol. The van der Waals surface area contributed by atoms with Crippen LogP contribution >= 0.6 is 11.8 Å². The van der Waals surface area contributed by atoms with Gasteiger partial charge in [0.1, 0.15) is 5.52 Å². The number of thioether (sulfide) groups is 1. The molecule has 0 radical (unpaired) electrons. The topological polar surface area (TPSA) is 78.5 Å². The number of nitrogens with one attached hydrogen (secondary N) is 3. The van der Waals surface area contributed by atoms with E-state index >= 15 is 0 Å². The number of H-pyrrole nitrogens is 1. The lowest BCUT2D eigenvalue weighted by Gasteiger charge is -2.10. The summed E-state index contributed by atoms with van der Waals surface area (Å²) in [6, 6.07) is 0. The Bertz CT molecular complexity index is 511. The maximum absolute atomic E-state index is 4.40. The Labute approximate surface area is 110 Å². The van der Waals surface area contributed by atoms with Crippen LogP contribution in [0.1, 0.15) is 13.3 Å². The number of hydrogen-bond donors (Lipinski definition) is 3. The molecular formula is C11H18N6S. The number of rotatable bonds is 6. The lowest BCUT2D eigenvalue weighted by atomic mass is 10.3. The van der Waals surface area contributed by atoms with E-state index in [-0.39, 0.29) is 0 Å². The van der Waals surface area contributed by atoms with E-state index in [1.54, 1.807) is 13.4 Å². The molecule has 0 aliphatic rings. The van der Waals surface area contributed by atoms with Crippen molar-refractivity contribution in [3.8, 4) is 0 Å². The van der Waals surface area contributed by atoms with Crippen molar-refractivity contribution < 1.29 is 0 Å². The van der Waals surface area contributed by atoms with Gasteiger partial charge < -0.3 is 15.6 Å². The normalized spacial score (nSPS) is 12.6. The fourth-order valence-corrected chi connectivity index (χ4v) is 1.94. The van der Waals surface area contributed by atoms with Crippen molar-refractivity contribution in [1.82, 2.24) is 19.9 Å². The van der Waals surface area contributed by atoms with Crippen LogP contribution in [0.3, 0.4) is 0 Å². The van der Waals surface area contributed by atoms with Crippen LogP contribution in [0.15, 0.2) is 6.33 Å². The van der Waals surface area contributed by atoms with Gasteiger partial charge in [0.15, 0.2) is 11.5 Å². The Morgan fingerprint density at radius 1 is 1.44 bits per heavy atom. The quantitative estimate of drug-likeness (QED) is 0.741. The summed E-state index contributed by atoms with van der Waals surface area (Å²) in [4.78, 5) is 15.9. The van der Waals surface area contributed by atoms with Crippen LogP contribution < -0.4 is 10.6 Å². The minimum Gasteiger partial charge on any atom is -0.368 e. The van der Waals surface area contributed by atoms with Gasteiger partial charge in [-0.05, 0) is 12.7 Å². The second kappa shape index (κ2) is 5.90. The third-order valence-electron chi connectivity index (χ3n) is 2.75. The molecule has 2 aromatic heterocycles. The molecule has 0 aliphatic carbocycles. The van der Waals surface area contributed by atoms with Crippen molar-refractivity contribution in [3.05, 3.63) is 6.33 Å². The van der Waals surface area contributed by atoms with Gasteiger partial charge in [-0.1, -0.05) is 6.92 Å². The van der Waals surface area contributed by atoms with Gasteiger partial charge in [0, 0.05) is 18.8 Å². The minimum absolute atomic E-state index is 0.579. The molecule has 2 heterocycles. The van der Waals surface area contributed by atoms with Crippen LogP contribution in [0.2, 0.25) is 0 Å². The third-order valence-corrected chi connectivity index (χ3v) is 3.80. The highest BCUT2D eigenvalue weighted by molar-refractivity contribution is 7.99. The summed E-state index contributed by atoms with van der Waals surface area (Å²) in [6.07, 6.45) is 4.85. The highest BCUT2D eigenvalue weighted by Crippen LogP contribution is 2.18. The molecule has 18 heavy (non-hydrogen) atoms. The molecule has 6 nitrogen and oxygen atoms in total. The lowest BCUT2D eigenvalue weighted by Crippen LogP contribution is -2.10. The molecule has 3 N–H and O–H groups in total. The molecule has 98 valence electrons. The van der Waals surface area contributed by atoms with Gasteiger partial charge in [-0.15, -0.1) is 0 Å². The van der Waals surface area contributed by atoms with Crippen LogP contribution in [-0.4, -0.2) is 45.0 Å². The number of nitrogens with zero attached hydrogens (tertiary/aromatic N) is 3. The first-order chi connectivity index (χ1) is 8.74. The molecule has 0 spiro atoms. The molecule has 2 rings (SSSR count). The van der Waals surface area contributed by atoms with E-state index in [0.29, 0.717) is 16.8 Å². The number of aromatic nitrogens is 4. The summed E-state index contributed by atoms with van der Waals surface area (Å²) in [7, 11) is 1.80. The van der Waals surface area contributed by atoms with Crippen molar-refractivity contribution in [2.75, 3.05) is 30.5 Å². The van der Waals surface area contributed by atoms with Gasteiger partial charge in [0.2, 0.25) is 5.95 Å². The average molecular weight is 266 g/mol. The zero-order valence-electron chi connectivity index (χ0n) is 10.8. The zero-order valence-corrected chi connectivity index (χ0v) is 11.6. The summed E-state index contributed by atoms with van der Waals surface area (Å²) < 4.78 is 0. The number of aromatic amines is 1. The predicted octanol–water partition coefficient (Wildman–Crippen LogP) is 1.95. The monoisotopic (exact) mass is 266 g/mol. The molecule has 2 aromatic rings. The molecule has 0 aliphatic heterocycles. The number of anilines is 2. The van der Waals surface area contributed by atoms with Crippen molar-refractivity contribution in [2.45, 2.75) is 18.6 Å². The highest BCUT2D eigenvalue weighted by atomic mass is 32.2. The van der Waals surface area contributed by atoms with E-state index in [1.165, 1.54) is 0 Å². The van der Waals surface area contributed by atoms with Gasteiger partial charge in [0.25, 0.3) is 0 Å². The third kappa shape index (κ3) is 2.84. The van der Waals surface area contributed by atoms with E-state index in [1.807, 2.05) is 11.8 Å². The van der Waals surface area contributed by atoms with Crippen LogP contribution in [0.4, 0.5) is 11.8 Å². The van der Waals surface area contributed by atoms with Gasteiger partial charge in [-0.2, -0.15) is 21.7 Å². The summed E-state index contributed by atoms with van der Waals surface area (Å²) >= 11 is 1.87. The molecule has 0 fully saturated rings. The van der Waals surface area contributed by atoms with Crippen molar-refractivity contribution in [1.29, 1.82) is 0 Å². The molecule has 7 heteroatoms. The molecule has 1 atom stereocenters. The summed E-state index contributed by atoms with van der Waals surface area (Å²) in [6.45, 7) is 3.10. The van der Waals surface area contributed by atoms with Gasteiger partial charge >= 0.3 is 0 Å². The first-order valence-corrected chi connectivity index (χ1v) is 7.19. The number of fused-ring (bicyclic) bond motifs is 1. The SMILES string of the molecule is CNc1nc(NCCC(C)SC)c2[nH]cnc2n1. The predicted molar refractivity (Wildman–Crippen MR) is 77.3 cm³/mol. The van der Waals surface area contributed by atoms with Gasteiger partial charge in [0.05, 0.1) is 6.33 Å². The molecule has 1 unspecified atom stereocenters. The van der Waals surface area contributed by atoms with Crippen molar-refractivity contribution >= 4 is 34.7 Å².